The molecule has 2 saturated heterocycles. The summed E-state index contributed by atoms with van der Waals surface area (Å²) >= 11 is 6.72. The van der Waals surface area contributed by atoms with Gasteiger partial charge in [-0.3, -0.25) is 14.5 Å². The molecule has 2 aliphatic heterocycles. The van der Waals surface area contributed by atoms with Crippen LogP contribution in [0.15, 0.2) is 53.4 Å². The largest absolute Gasteiger partial charge is 0.483 e. The number of hydrogen-bond acceptors (Lipinski definition) is 5. The summed E-state index contributed by atoms with van der Waals surface area (Å²) in [5, 5.41) is 0. The van der Waals surface area contributed by atoms with Crippen LogP contribution in [0.5, 0.6) is 5.75 Å². The summed E-state index contributed by atoms with van der Waals surface area (Å²) in [6, 6.07) is 15.1. The van der Waals surface area contributed by atoms with E-state index in [4.69, 9.17) is 17.0 Å². The van der Waals surface area contributed by atoms with Gasteiger partial charge < -0.3 is 9.64 Å². The van der Waals surface area contributed by atoms with Crippen molar-refractivity contribution >= 4 is 51.9 Å². The number of hydrogen-bond donors (Lipinski definition) is 0. The second-order valence-electron chi connectivity index (χ2n) is 7.27. The molecule has 2 aliphatic rings. The predicted molar refractivity (Wildman–Crippen MR) is 125 cm³/mol. The first-order chi connectivity index (χ1) is 14.5. The highest BCUT2D eigenvalue weighted by molar-refractivity contribution is 8.27. The zero-order valence-corrected chi connectivity index (χ0v) is 18.3. The number of rotatable bonds is 5. The van der Waals surface area contributed by atoms with Crippen molar-refractivity contribution in [3.8, 4) is 5.75 Å². The van der Waals surface area contributed by atoms with Gasteiger partial charge in [-0.15, -0.1) is 0 Å². The Kier molecular flexibility index (Phi) is 6.20. The molecule has 0 bridgehead atoms. The highest BCUT2D eigenvalue weighted by Gasteiger charge is 2.33. The van der Waals surface area contributed by atoms with E-state index in [1.54, 1.807) is 11.0 Å². The third kappa shape index (κ3) is 4.42. The van der Waals surface area contributed by atoms with E-state index in [9.17, 15) is 9.59 Å². The summed E-state index contributed by atoms with van der Waals surface area (Å²) in [7, 11) is 0. The van der Waals surface area contributed by atoms with Crippen molar-refractivity contribution in [3.05, 3.63) is 64.6 Å². The van der Waals surface area contributed by atoms with E-state index in [1.807, 2.05) is 60.4 Å². The number of aryl methyl sites for hydroxylation is 1. The van der Waals surface area contributed by atoms with Crippen molar-refractivity contribution in [1.82, 2.24) is 4.90 Å². The summed E-state index contributed by atoms with van der Waals surface area (Å²) in [4.78, 5) is 29.2. The Labute approximate surface area is 185 Å². The number of likely N-dealkylation sites (tertiary alicyclic amines) is 1. The number of carbonyl (C=O) groups is 2. The lowest BCUT2D eigenvalue weighted by molar-refractivity contribution is -0.132. The zero-order chi connectivity index (χ0) is 21.1. The van der Waals surface area contributed by atoms with Gasteiger partial charge in [0.15, 0.2) is 10.9 Å². The molecular formula is C23H22N2O3S2. The van der Waals surface area contributed by atoms with Gasteiger partial charge in [-0.1, -0.05) is 59.9 Å². The fourth-order valence-electron chi connectivity index (χ4n) is 3.45. The van der Waals surface area contributed by atoms with Crippen LogP contribution in [0.4, 0.5) is 5.69 Å². The molecule has 7 heteroatoms. The fourth-order valence-corrected chi connectivity index (χ4v) is 4.74. The standard InChI is InChI=1S/C23H22N2O3S2/c1-16-8-10-18(11-9-16)25-22(27)20(30-23(25)29)14-17-6-2-3-7-19(17)28-15-21(26)24-12-4-5-13-24/h2-3,6-11,14H,4-5,12-13,15H2,1H3/b20-14-. The Morgan fingerprint density at radius 2 is 1.83 bits per heavy atom. The van der Waals surface area contributed by atoms with Crippen LogP contribution in [-0.2, 0) is 9.59 Å². The molecule has 2 fully saturated rings. The van der Waals surface area contributed by atoms with Crippen LogP contribution in [0.3, 0.4) is 0 Å². The maximum atomic E-state index is 13.0. The van der Waals surface area contributed by atoms with Gasteiger partial charge in [0.05, 0.1) is 10.6 Å². The Morgan fingerprint density at radius 1 is 1.13 bits per heavy atom. The van der Waals surface area contributed by atoms with E-state index < -0.39 is 0 Å². The molecular weight excluding hydrogens is 416 g/mol. The molecule has 0 unspecified atom stereocenters. The van der Waals surface area contributed by atoms with Crippen molar-refractivity contribution in [3.63, 3.8) is 0 Å². The minimum absolute atomic E-state index is 0.00478. The number of carbonyl (C=O) groups excluding carboxylic acids is 2. The molecule has 0 spiro atoms. The summed E-state index contributed by atoms with van der Waals surface area (Å²) in [5.41, 5.74) is 2.62. The first-order valence-electron chi connectivity index (χ1n) is 9.87. The molecule has 0 atom stereocenters. The molecule has 2 amide bonds. The van der Waals surface area contributed by atoms with E-state index in [0.29, 0.717) is 15.0 Å². The van der Waals surface area contributed by atoms with Crippen molar-refractivity contribution < 1.29 is 14.3 Å². The summed E-state index contributed by atoms with van der Waals surface area (Å²) in [6.45, 7) is 3.59. The quantitative estimate of drug-likeness (QED) is 0.512. The van der Waals surface area contributed by atoms with Crippen LogP contribution in [-0.4, -0.2) is 40.7 Å². The molecule has 2 heterocycles. The van der Waals surface area contributed by atoms with Gasteiger partial charge in [-0.25, -0.2) is 0 Å². The van der Waals surface area contributed by atoms with E-state index in [2.05, 4.69) is 0 Å². The van der Waals surface area contributed by atoms with Gasteiger partial charge >= 0.3 is 0 Å². The van der Waals surface area contributed by atoms with Gasteiger partial charge in [-0.05, 0) is 44.0 Å². The summed E-state index contributed by atoms with van der Waals surface area (Å²) in [6.07, 6.45) is 3.87. The second kappa shape index (κ2) is 9.02. The molecule has 0 aliphatic carbocycles. The number of benzene rings is 2. The van der Waals surface area contributed by atoms with Gasteiger partial charge in [0, 0.05) is 18.7 Å². The van der Waals surface area contributed by atoms with Crippen LogP contribution < -0.4 is 9.64 Å². The third-order valence-corrected chi connectivity index (χ3v) is 6.40. The SMILES string of the molecule is Cc1ccc(N2C(=O)/C(=C/c3ccccc3OCC(=O)N3CCCC3)SC2=S)cc1. The van der Waals surface area contributed by atoms with Gasteiger partial charge in [0.2, 0.25) is 0 Å². The number of thioether (sulfide) groups is 1. The Morgan fingerprint density at radius 3 is 2.57 bits per heavy atom. The molecule has 0 radical (unpaired) electrons. The number of ether oxygens (including phenoxy) is 1. The third-order valence-electron chi connectivity index (χ3n) is 5.10. The molecule has 0 aromatic heterocycles. The molecule has 154 valence electrons. The number of anilines is 1. The second-order valence-corrected chi connectivity index (χ2v) is 8.94. The smallest absolute Gasteiger partial charge is 0.270 e. The first kappa shape index (κ1) is 20.6. The maximum Gasteiger partial charge on any atom is 0.270 e. The van der Waals surface area contributed by atoms with E-state index >= 15 is 0 Å². The van der Waals surface area contributed by atoms with Crippen molar-refractivity contribution in [2.45, 2.75) is 19.8 Å². The van der Waals surface area contributed by atoms with E-state index in [1.165, 1.54) is 11.8 Å². The monoisotopic (exact) mass is 438 g/mol. The van der Waals surface area contributed by atoms with Crippen LogP contribution in [0.25, 0.3) is 6.08 Å². The van der Waals surface area contributed by atoms with Gasteiger partial charge in [0.25, 0.3) is 11.8 Å². The lowest BCUT2D eigenvalue weighted by atomic mass is 10.1. The molecule has 0 N–H and O–H groups in total. The molecule has 4 rings (SSSR count). The number of para-hydroxylation sites is 1. The Bertz CT molecular complexity index is 1010. The average Bonchev–Trinajstić information content (AvgIpc) is 3.37. The topological polar surface area (TPSA) is 49.9 Å². The fraction of sp³-hybridized carbons (Fsp3) is 0.261. The first-order valence-corrected chi connectivity index (χ1v) is 11.1. The minimum atomic E-state index is -0.156. The van der Waals surface area contributed by atoms with E-state index in [0.717, 1.165) is 42.7 Å². The number of thiocarbonyl (C=S) groups is 1. The van der Waals surface area contributed by atoms with E-state index in [-0.39, 0.29) is 18.4 Å². The maximum absolute atomic E-state index is 13.0. The lowest BCUT2D eigenvalue weighted by Crippen LogP contribution is -2.32. The minimum Gasteiger partial charge on any atom is -0.483 e. The van der Waals surface area contributed by atoms with Crippen molar-refractivity contribution in [2.24, 2.45) is 0 Å². The highest BCUT2D eigenvalue weighted by Crippen LogP contribution is 2.37. The Hall–Kier alpha value is -2.64. The average molecular weight is 439 g/mol. The van der Waals surface area contributed by atoms with Gasteiger partial charge in [-0.2, -0.15) is 0 Å². The van der Waals surface area contributed by atoms with Crippen LogP contribution in [0.1, 0.15) is 24.0 Å². The number of amides is 2. The Balaban J connectivity index is 1.52. The normalized spacial score (nSPS) is 17.8. The zero-order valence-electron chi connectivity index (χ0n) is 16.7. The predicted octanol–water partition coefficient (Wildman–Crippen LogP) is 4.40. The summed E-state index contributed by atoms with van der Waals surface area (Å²) < 4.78 is 6.30. The molecule has 5 nitrogen and oxygen atoms in total. The van der Waals surface area contributed by atoms with Crippen LogP contribution in [0, 0.1) is 6.92 Å². The van der Waals surface area contributed by atoms with Crippen molar-refractivity contribution in [2.75, 3.05) is 24.6 Å². The molecule has 2 aromatic rings. The summed E-state index contributed by atoms with van der Waals surface area (Å²) in [5.74, 6) is 0.412. The molecule has 30 heavy (non-hydrogen) atoms. The highest BCUT2D eigenvalue weighted by atomic mass is 32.2. The van der Waals surface area contributed by atoms with Gasteiger partial charge in [0.1, 0.15) is 5.75 Å². The van der Waals surface area contributed by atoms with Crippen LogP contribution in [0.2, 0.25) is 0 Å². The number of nitrogens with zero attached hydrogens (tertiary/aromatic N) is 2. The lowest BCUT2D eigenvalue weighted by Gasteiger charge is -2.16. The van der Waals surface area contributed by atoms with Crippen molar-refractivity contribution in [1.29, 1.82) is 0 Å². The van der Waals surface area contributed by atoms with Crippen LogP contribution >= 0.6 is 24.0 Å². The molecule has 2 aromatic carbocycles. The molecule has 0 saturated carbocycles.